The average molecular weight is 312 g/mol. The van der Waals surface area contributed by atoms with Crippen LogP contribution in [0.25, 0.3) is 0 Å². The van der Waals surface area contributed by atoms with Gasteiger partial charge >= 0.3 is 0 Å². The Bertz CT molecular complexity index is 570. The van der Waals surface area contributed by atoms with Gasteiger partial charge in [0.2, 0.25) is 5.91 Å². The zero-order valence-electron chi connectivity index (χ0n) is 12.4. The summed E-state index contributed by atoms with van der Waals surface area (Å²) in [6, 6.07) is 2.36. The Labute approximate surface area is 127 Å². The Morgan fingerprint density at radius 2 is 1.82 bits per heavy atom. The standard InChI is InChI=1S/C16H19F3N2O/c1-21(8-9-2-13(17)16(19)14(18)3-9)12-4-10-6-15(22)20-7-11(10)5-12/h2-3,10-12H,4-8H2,1H3,(H,20,22)/t10-,11+,12-/m1/s1. The van der Waals surface area contributed by atoms with Gasteiger partial charge < -0.3 is 5.32 Å². The fourth-order valence-electron chi connectivity index (χ4n) is 3.71. The van der Waals surface area contributed by atoms with E-state index in [1.165, 1.54) is 0 Å². The number of amides is 1. The molecule has 1 N–H and O–H groups in total. The van der Waals surface area contributed by atoms with E-state index in [-0.39, 0.29) is 11.9 Å². The average Bonchev–Trinajstić information content (AvgIpc) is 2.87. The molecule has 0 radical (unpaired) electrons. The molecular weight excluding hydrogens is 293 g/mol. The van der Waals surface area contributed by atoms with Gasteiger partial charge in [-0.15, -0.1) is 0 Å². The largest absolute Gasteiger partial charge is 0.356 e. The maximum Gasteiger partial charge on any atom is 0.220 e. The predicted octanol–water partition coefficient (Wildman–Crippen LogP) is 2.45. The first-order chi connectivity index (χ1) is 10.4. The van der Waals surface area contributed by atoms with E-state index in [1.807, 2.05) is 11.9 Å². The normalized spacial score (nSPS) is 27.9. The molecule has 3 atom stereocenters. The van der Waals surface area contributed by atoms with Gasteiger partial charge in [-0.2, -0.15) is 0 Å². The van der Waals surface area contributed by atoms with Crippen LogP contribution in [0.3, 0.4) is 0 Å². The maximum atomic E-state index is 13.3. The highest BCUT2D eigenvalue weighted by molar-refractivity contribution is 5.77. The van der Waals surface area contributed by atoms with Crippen molar-refractivity contribution in [3.63, 3.8) is 0 Å². The molecule has 0 spiro atoms. The molecule has 22 heavy (non-hydrogen) atoms. The van der Waals surface area contributed by atoms with E-state index in [9.17, 15) is 18.0 Å². The molecular formula is C16H19F3N2O. The number of rotatable bonds is 3. The Morgan fingerprint density at radius 1 is 1.18 bits per heavy atom. The first kappa shape index (κ1) is 15.3. The van der Waals surface area contributed by atoms with Crippen LogP contribution in [-0.4, -0.2) is 30.4 Å². The lowest BCUT2D eigenvalue weighted by Crippen LogP contribution is -2.38. The number of nitrogens with one attached hydrogen (secondary N) is 1. The van der Waals surface area contributed by atoms with Gasteiger partial charge in [0.1, 0.15) is 0 Å². The third kappa shape index (κ3) is 2.97. The lowest BCUT2D eigenvalue weighted by molar-refractivity contribution is -0.124. The molecule has 0 aromatic heterocycles. The van der Waals surface area contributed by atoms with Gasteiger partial charge in [-0.05, 0) is 49.4 Å². The number of benzene rings is 1. The summed E-state index contributed by atoms with van der Waals surface area (Å²) in [6.07, 6.45) is 2.45. The number of fused-ring (bicyclic) bond motifs is 1. The third-order valence-corrected chi connectivity index (χ3v) is 4.92. The van der Waals surface area contributed by atoms with E-state index in [0.29, 0.717) is 36.9 Å². The van der Waals surface area contributed by atoms with Crippen molar-refractivity contribution in [1.29, 1.82) is 0 Å². The van der Waals surface area contributed by atoms with Crippen LogP contribution in [0.2, 0.25) is 0 Å². The quantitative estimate of drug-likeness (QED) is 0.870. The smallest absolute Gasteiger partial charge is 0.220 e. The van der Waals surface area contributed by atoms with E-state index < -0.39 is 17.5 Å². The van der Waals surface area contributed by atoms with Crippen molar-refractivity contribution >= 4 is 5.91 Å². The number of halogens is 3. The van der Waals surface area contributed by atoms with Crippen molar-refractivity contribution in [1.82, 2.24) is 10.2 Å². The molecule has 1 aromatic carbocycles. The van der Waals surface area contributed by atoms with E-state index in [1.54, 1.807) is 0 Å². The SMILES string of the molecule is CN(Cc1cc(F)c(F)c(F)c1)[C@H]1C[C@H]2CNC(=O)C[C@H]2C1. The molecule has 1 saturated carbocycles. The summed E-state index contributed by atoms with van der Waals surface area (Å²) in [5.74, 6) is -2.76. The van der Waals surface area contributed by atoms with Gasteiger partial charge in [0.15, 0.2) is 17.5 Å². The summed E-state index contributed by atoms with van der Waals surface area (Å²) < 4.78 is 39.5. The molecule has 120 valence electrons. The number of nitrogens with zero attached hydrogens (tertiary/aromatic N) is 1. The first-order valence-corrected chi connectivity index (χ1v) is 7.54. The second kappa shape index (κ2) is 5.91. The molecule has 6 heteroatoms. The van der Waals surface area contributed by atoms with Crippen molar-refractivity contribution in [2.24, 2.45) is 11.8 Å². The van der Waals surface area contributed by atoms with Crippen LogP contribution in [0.15, 0.2) is 12.1 Å². The summed E-state index contributed by atoms with van der Waals surface area (Å²) >= 11 is 0. The highest BCUT2D eigenvalue weighted by Gasteiger charge is 2.39. The lowest BCUT2D eigenvalue weighted by atomic mass is 9.89. The second-order valence-electron chi connectivity index (χ2n) is 6.44. The Balaban J connectivity index is 1.65. The van der Waals surface area contributed by atoms with E-state index >= 15 is 0 Å². The Kier molecular flexibility index (Phi) is 4.12. The molecule has 0 unspecified atom stereocenters. The van der Waals surface area contributed by atoms with Crippen LogP contribution in [0.4, 0.5) is 13.2 Å². The summed E-state index contributed by atoms with van der Waals surface area (Å²) in [5, 5.41) is 2.89. The topological polar surface area (TPSA) is 32.3 Å². The molecule has 3 nitrogen and oxygen atoms in total. The second-order valence-corrected chi connectivity index (χ2v) is 6.44. The number of piperidine rings is 1. The minimum Gasteiger partial charge on any atom is -0.356 e. The van der Waals surface area contributed by atoms with Gasteiger partial charge in [-0.1, -0.05) is 0 Å². The third-order valence-electron chi connectivity index (χ3n) is 4.92. The first-order valence-electron chi connectivity index (χ1n) is 7.54. The summed E-state index contributed by atoms with van der Waals surface area (Å²) in [6.45, 7) is 1.08. The highest BCUT2D eigenvalue weighted by atomic mass is 19.2. The molecule has 1 saturated heterocycles. The summed E-state index contributed by atoms with van der Waals surface area (Å²) in [4.78, 5) is 13.5. The number of hydrogen-bond donors (Lipinski definition) is 1. The van der Waals surface area contributed by atoms with Gasteiger partial charge in [0.25, 0.3) is 0 Å². The number of carbonyl (C=O) groups excluding carboxylic acids is 1. The van der Waals surface area contributed by atoms with Crippen LogP contribution in [0.1, 0.15) is 24.8 Å². The summed E-state index contributed by atoms with van der Waals surface area (Å²) in [5.41, 5.74) is 0.419. The monoisotopic (exact) mass is 312 g/mol. The zero-order valence-corrected chi connectivity index (χ0v) is 12.4. The van der Waals surface area contributed by atoms with E-state index in [0.717, 1.165) is 25.0 Å². The van der Waals surface area contributed by atoms with Crippen LogP contribution in [-0.2, 0) is 11.3 Å². The number of carbonyl (C=O) groups is 1. The molecule has 2 aliphatic rings. The maximum absolute atomic E-state index is 13.3. The molecule has 0 bridgehead atoms. The molecule has 2 fully saturated rings. The van der Waals surface area contributed by atoms with Crippen molar-refractivity contribution in [3.8, 4) is 0 Å². The van der Waals surface area contributed by atoms with Crippen molar-refractivity contribution in [2.75, 3.05) is 13.6 Å². The fourth-order valence-corrected chi connectivity index (χ4v) is 3.71. The Morgan fingerprint density at radius 3 is 2.50 bits per heavy atom. The van der Waals surface area contributed by atoms with Crippen molar-refractivity contribution in [2.45, 2.75) is 31.8 Å². The fraction of sp³-hybridized carbons (Fsp3) is 0.562. The van der Waals surface area contributed by atoms with E-state index in [2.05, 4.69) is 5.32 Å². The minimum atomic E-state index is -1.43. The number of hydrogen-bond acceptors (Lipinski definition) is 2. The van der Waals surface area contributed by atoms with Gasteiger partial charge in [0, 0.05) is 25.6 Å². The molecule has 1 amide bonds. The van der Waals surface area contributed by atoms with Crippen molar-refractivity contribution in [3.05, 3.63) is 35.1 Å². The van der Waals surface area contributed by atoms with Gasteiger partial charge in [-0.25, -0.2) is 13.2 Å². The predicted molar refractivity (Wildman–Crippen MR) is 75.4 cm³/mol. The van der Waals surface area contributed by atoms with Gasteiger partial charge in [-0.3, -0.25) is 9.69 Å². The van der Waals surface area contributed by atoms with Crippen LogP contribution >= 0.6 is 0 Å². The van der Waals surface area contributed by atoms with E-state index in [4.69, 9.17) is 0 Å². The molecule has 3 rings (SSSR count). The van der Waals surface area contributed by atoms with Crippen LogP contribution in [0.5, 0.6) is 0 Å². The highest BCUT2D eigenvalue weighted by Crippen LogP contribution is 2.38. The van der Waals surface area contributed by atoms with Crippen LogP contribution < -0.4 is 5.32 Å². The van der Waals surface area contributed by atoms with Crippen molar-refractivity contribution < 1.29 is 18.0 Å². The molecule has 1 aliphatic heterocycles. The molecule has 1 aliphatic carbocycles. The molecule has 1 heterocycles. The lowest BCUT2D eigenvalue weighted by Gasteiger charge is -2.24. The zero-order chi connectivity index (χ0) is 15.9. The molecule has 1 aromatic rings. The Hall–Kier alpha value is -1.56. The van der Waals surface area contributed by atoms with Crippen LogP contribution in [0, 0.1) is 29.3 Å². The minimum absolute atomic E-state index is 0.104. The summed E-state index contributed by atoms with van der Waals surface area (Å²) in [7, 11) is 1.90. The van der Waals surface area contributed by atoms with Gasteiger partial charge in [0.05, 0.1) is 0 Å².